The van der Waals surface area contributed by atoms with Crippen molar-refractivity contribution in [1.29, 1.82) is 0 Å². The van der Waals surface area contributed by atoms with Gasteiger partial charge in [0.15, 0.2) is 0 Å². The minimum absolute atomic E-state index is 0.493. The van der Waals surface area contributed by atoms with Crippen LogP contribution in [0.1, 0.15) is 38.4 Å². The maximum Gasteiger partial charge on any atom is 0.104 e. The van der Waals surface area contributed by atoms with E-state index in [9.17, 15) is 0 Å². The largest absolute Gasteiger partial charge is 0.469 e. The summed E-state index contributed by atoms with van der Waals surface area (Å²) in [7, 11) is 0. The second-order valence-corrected chi connectivity index (χ2v) is 4.79. The Morgan fingerprint density at radius 3 is 2.87 bits per heavy atom. The third-order valence-corrected chi connectivity index (χ3v) is 3.47. The lowest BCUT2D eigenvalue weighted by Crippen LogP contribution is -2.41. The van der Waals surface area contributed by atoms with Crippen molar-refractivity contribution in [2.75, 3.05) is 13.1 Å². The predicted octanol–water partition coefficient (Wildman–Crippen LogP) is 2.99. The van der Waals surface area contributed by atoms with E-state index >= 15 is 0 Å². The Labute approximate surface area is 92.1 Å². The van der Waals surface area contributed by atoms with E-state index in [-0.39, 0.29) is 0 Å². The van der Waals surface area contributed by atoms with Crippen molar-refractivity contribution in [3.63, 3.8) is 0 Å². The van der Waals surface area contributed by atoms with Gasteiger partial charge in [0.2, 0.25) is 0 Å². The summed E-state index contributed by atoms with van der Waals surface area (Å²) in [5, 5.41) is 3.55. The van der Waals surface area contributed by atoms with Crippen LogP contribution in [0.2, 0.25) is 0 Å². The van der Waals surface area contributed by atoms with Crippen LogP contribution in [0, 0.1) is 5.41 Å². The van der Waals surface area contributed by atoms with Gasteiger partial charge in [-0.25, -0.2) is 0 Å². The Morgan fingerprint density at radius 2 is 2.33 bits per heavy atom. The van der Waals surface area contributed by atoms with Crippen molar-refractivity contribution in [3.8, 4) is 0 Å². The van der Waals surface area contributed by atoms with Gasteiger partial charge in [-0.2, -0.15) is 0 Å². The molecule has 2 heteroatoms. The Bertz CT molecular complexity index is 275. The third kappa shape index (κ3) is 2.63. The van der Waals surface area contributed by atoms with Gasteiger partial charge in [0.1, 0.15) is 5.76 Å². The molecule has 84 valence electrons. The normalized spacial score (nSPS) is 18.7. The molecule has 1 N–H and O–H groups in total. The van der Waals surface area contributed by atoms with Gasteiger partial charge in [0.05, 0.1) is 6.26 Å². The van der Waals surface area contributed by atoms with Crippen LogP contribution in [0.4, 0.5) is 0 Å². The molecular weight excluding hydrogens is 186 g/mol. The number of furan rings is 1. The molecule has 0 amide bonds. The van der Waals surface area contributed by atoms with E-state index in [2.05, 4.69) is 18.3 Å². The minimum Gasteiger partial charge on any atom is -0.469 e. The van der Waals surface area contributed by atoms with Gasteiger partial charge in [-0.05, 0) is 43.4 Å². The van der Waals surface area contributed by atoms with Crippen LogP contribution in [0.15, 0.2) is 22.8 Å². The molecule has 0 radical (unpaired) electrons. The number of nitrogens with one attached hydrogen (secondary N) is 1. The molecule has 0 spiro atoms. The van der Waals surface area contributed by atoms with Crippen LogP contribution < -0.4 is 5.32 Å². The van der Waals surface area contributed by atoms with Crippen molar-refractivity contribution in [2.45, 2.75) is 39.0 Å². The van der Waals surface area contributed by atoms with E-state index in [0.717, 1.165) is 25.3 Å². The molecule has 1 aliphatic rings. The van der Waals surface area contributed by atoms with E-state index in [4.69, 9.17) is 4.42 Å². The molecule has 0 aromatic carbocycles. The van der Waals surface area contributed by atoms with Crippen LogP contribution in [0.5, 0.6) is 0 Å². The average molecular weight is 207 g/mol. The zero-order valence-electron chi connectivity index (χ0n) is 9.59. The average Bonchev–Trinajstić information content (AvgIpc) is 2.66. The number of hydrogen-bond acceptors (Lipinski definition) is 2. The first-order chi connectivity index (χ1) is 7.35. The van der Waals surface area contributed by atoms with Gasteiger partial charge in [-0.15, -0.1) is 0 Å². The molecule has 0 aliphatic heterocycles. The first-order valence-electron chi connectivity index (χ1n) is 6.08. The SMILES string of the molecule is CCCNCC1(Cc2ccco2)CCC1. The standard InChI is InChI=1S/C13H21NO/c1-2-8-14-11-13(6-4-7-13)10-12-5-3-9-15-12/h3,5,9,14H,2,4,6-8,10-11H2,1H3. The van der Waals surface area contributed by atoms with Crippen LogP contribution >= 0.6 is 0 Å². The summed E-state index contributed by atoms with van der Waals surface area (Å²) in [6, 6.07) is 4.08. The molecule has 0 bridgehead atoms. The molecule has 1 fully saturated rings. The number of hydrogen-bond donors (Lipinski definition) is 1. The highest BCUT2D eigenvalue weighted by Crippen LogP contribution is 2.43. The summed E-state index contributed by atoms with van der Waals surface area (Å²) in [5.41, 5.74) is 0.493. The van der Waals surface area contributed by atoms with Gasteiger partial charge >= 0.3 is 0 Å². The lowest BCUT2D eigenvalue weighted by atomic mass is 9.66. The van der Waals surface area contributed by atoms with Crippen molar-refractivity contribution in [1.82, 2.24) is 5.32 Å². The van der Waals surface area contributed by atoms with Gasteiger partial charge in [-0.3, -0.25) is 0 Å². The summed E-state index contributed by atoms with van der Waals surface area (Å²) in [6.07, 6.45) is 8.19. The summed E-state index contributed by atoms with van der Waals surface area (Å²) in [5.74, 6) is 1.15. The Kier molecular flexibility index (Phi) is 3.47. The van der Waals surface area contributed by atoms with Crippen molar-refractivity contribution < 1.29 is 4.42 Å². The molecule has 2 rings (SSSR count). The van der Waals surface area contributed by atoms with Crippen LogP contribution in [-0.4, -0.2) is 13.1 Å². The third-order valence-electron chi connectivity index (χ3n) is 3.47. The fraction of sp³-hybridized carbons (Fsp3) is 0.692. The monoisotopic (exact) mass is 207 g/mol. The molecule has 1 aromatic heterocycles. The maximum absolute atomic E-state index is 5.44. The van der Waals surface area contributed by atoms with Gasteiger partial charge in [0, 0.05) is 13.0 Å². The highest BCUT2D eigenvalue weighted by Gasteiger charge is 2.37. The summed E-state index contributed by atoms with van der Waals surface area (Å²) in [4.78, 5) is 0. The fourth-order valence-corrected chi connectivity index (χ4v) is 2.41. The zero-order chi connectivity index (χ0) is 10.6. The Balaban J connectivity index is 1.85. The molecule has 1 aromatic rings. The number of rotatable bonds is 6. The molecule has 2 nitrogen and oxygen atoms in total. The first kappa shape index (κ1) is 10.7. The molecule has 0 saturated heterocycles. The summed E-state index contributed by atoms with van der Waals surface area (Å²) in [6.45, 7) is 4.51. The molecule has 0 unspecified atom stereocenters. The topological polar surface area (TPSA) is 25.2 Å². The van der Waals surface area contributed by atoms with Crippen LogP contribution in [0.25, 0.3) is 0 Å². The van der Waals surface area contributed by atoms with E-state index in [1.807, 2.05) is 6.07 Å². The van der Waals surface area contributed by atoms with Crippen LogP contribution in [-0.2, 0) is 6.42 Å². The fourth-order valence-electron chi connectivity index (χ4n) is 2.41. The highest BCUT2D eigenvalue weighted by atomic mass is 16.3. The molecule has 1 saturated carbocycles. The maximum atomic E-state index is 5.44. The van der Waals surface area contributed by atoms with Crippen molar-refractivity contribution in [2.24, 2.45) is 5.41 Å². The summed E-state index contributed by atoms with van der Waals surface area (Å²) < 4.78 is 5.44. The molecule has 15 heavy (non-hydrogen) atoms. The Morgan fingerprint density at radius 1 is 1.47 bits per heavy atom. The highest BCUT2D eigenvalue weighted by molar-refractivity contribution is 5.05. The van der Waals surface area contributed by atoms with Crippen molar-refractivity contribution >= 4 is 0 Å². The van der Waals surface area contributed by atoms with E-state index in [1.54, 1.807) is 6.26 Å². The second-order valence-electron chi connectivity index (χ2n) is 4.79. The van der Waals surface area contributed by atoms with Gasteiger partial charge < -0.3 is 9.73 Å². The van der Waals surface area contributed by atoms with E-state index in [1.165, 1.54) is 25.7 Å². The lowest BCUT2D eigenvalue weighted by molar-refractivity contribution is 0.122. The van der Waals surface area contributed by atoms with E-state index in [0.29, 0.717) is 5.41 Å². The Hall–Kier alpha value is -0.760. The molecule has 1 heterocycles. The molecular formula is C13H21NO. The first-order valence-corrected chi connectivity index (χ1v) is 6.08. The lowest BCUT2D eigenvalue weighted by Gasteiger charge is -2.41. The van der Waals surface area contributed by atoms with Gasteiger partial charge in [-0.1, -0.05) is 13.3 Å². The zero-order valence-corrected chi connectivity index (χ0v) is 9.59. The summed E-state index contributed by atoms with van der Waals surface area (Å²) >= 11 is 0. The minimum atomic E-state index is 0.493. The van der Waals surface area contributed by atoms with E-state index < -0.39 is 0 Å². The molecule has 0 atom stereocenters. The van der Waals surface area contributed by atoms with Crippen molar-refractivity contribution in [3.05, 3.63) is 24.2 Å². The molecule has 1 aliphatic carbocycles. The quantitative estimate of drug-likeness (QED) is 0.725. The van der Waals surface area contributed by atoms with Gasteiger partial charge in [0.25, 0.3) is 0 Å². The van der Waals surface area contributed by atoms with Crippen LogP contribution in [0.3, 0.4) is 0 Å². The predicted molar refractivity (Wildman–Crippen MR) is 61.9 cm³/mol. The second kappa shape index (κ2) is 4.84. The smallest absolute Gasteiger partial charge is 0.104 e.